The first kappa shape index (κ1) is 57.8. The fourth-order valence-corrected chi connectivity index (χ4v) is 12.9. The van der Waals surface area contributed by atoms with Gasteiger partial charge in [0.05, 0.1) is 34.7 Å². The molecule has 7 heteroatoms. The third-order valence-electron chi connectivity index (χ3n) is 17.8. The number of rotatable bonds is 13. The van der Waals surface area contributed by atoms with Gasteiger partial charge in [-0.15, -0.1) is 0 Å². The molecule has 0 radical (unpaired) electrons. The summed E-state index contributed by atoms with van der Waals surface area (Å²) in [7, 11) is 0. The van der Waals surface area contributed by atoms with Crippen LogP contribution in [0.25, 0.3) is 167 Å². The molecule has 2 aromatic heterocycles. The predicted molar refractivity (Wildman–Crippen MR) is 391 cm³/mol. The molecule has 0 aliphatic rings. The van der Waals surface area contributed by atoms with Gasteiger partial charge in [0.25, 0.3) is 0 Å². The van der Waals surface area contributed by atoms with E-state index >= 15 is 0 Å². The maximum absolute atomic E-state index is 9.66. The average molecular weight is 1220 g/mol. The molecule has 0 amide bonds. The summed E-state index contributed by atoms with van der Waals surface area (Å²) in [6.07, 6.45) is 0. The SMILES string of the molecule is N#Cc1ccc(-c2ccc(-c3ccc4c(-c5cc(-c6cccc(-c7nc(-c8ccccc8)nc(-c8ccccc8)n7)c6)c6ccccc6c5-c5ccc(-c6ccc(C#N)cc6)cc5)cc(-c5ccc(-c6cc(-c7ccccc7)nc(-c7ccccc7)n6)cc5)cc4c3)cc2)cc1. The predicted octanol–water partition coefficient (Wildman–Crippen LogP) is 22.4. The van der Waals surface area contributed by atoms with Crippen molar-refractivity contribution in [3.63, 3.8) is 0 Å². The van der Waals surface area contributed by atoms with Gasteiger partial charge in [0.15, 0.2) is 23.3 Å². The summed E-state index contributed by atoms with van der Waals surface area (Å²) in [5.74, 6) is 2.43. The Morgan fingerprint density at radius 3 is 1.07 bits per heavy atom. The van der Waals surface area contributed by atoms with Crippen LogP contribution in [0, 0.1) is 22.7 Å². The van der Waals surface area contributed by atoms with E-state index in [1.807, 2.05) is 146 Å². The number of fused-ring (bicyclic) bond motifs is 2. The fraction of sp³-hybridized carbons (Fsp3) is 0. The van der Waals surface area contributed by atoms with E-state index in [1.54, 1.807) is 0 Å². The van der Waals surface area contributed by atoms with Gasteiger partial charge in [-0.05, 0) is 160 Å². The molecule has 7 nitrogen and oxygen atoms in total. The topological polar surface area (TPSA) is 112 Å². The van der Waals surface area contributed by atoms with Crippen molar-refractivity contribution in [1.29, 1.82) is 10.5 Å². The second-order valence-electron chi connectivity index (χ2n) is 23.8. The number of nitrogens with zero attached hydrogens (tertiary/aromatic N) is 7. The second kappa shape index (κ2) is 25.4. The highest BCUT2D eigenvalue weighted by molar-refractivity contribution is 6.14. The van der Waals surface area contributed by atoms with Crippen molar-refractivity contribution in [3.05, 3.63) is 345 Å². The van der Waals surface area contributed by atoms with Crippen molar-refractivity contribution >= 4 is 21.5 Å². The normalized spacial score (nSPS) is 11.1. The average Bonchev–Trinajstić information content (AvgIpc) is 0.738. The van der Waals surface area contributed by atoms with Crippen LogP contribution >= 0.6 is 0 Å². The molecular weight excluding hydrogens is 1170 g/mol. The summed E-state index contributed by atoms with van der Waals surface area (Å²) < 4.78 is 0. The Morgan fingerprint density at radius 2 is 0.562 bits per heavy atom. The highest BCUT2D eigenvalue weighted by Crippen LogP contribution is 2.48. The van der Waals surface area contributed by atoms with Gasteiger partial charge in [0.1, 0.15) is 0 Å². The van der Waals surface area contributed by atoms with Gasteiger partial charge in [0.2, 0.25) is 0 Å². The first-order valence-corrected chi connectivity index (χ1v) is 31.9. The summed E-state index contributed by atoms with van der Waals surface area (Å²) in [5, 5.41) is 23.5. The van der Waals surface area contributed by atoms with Crippen LogP contribution in [0.4, 0.5) is 0 Å². The molecule has 96 heavy (non-hydrogen) atoms. The van der Waals surface area contributed by atoms with Crippen molar-refractivity contribution in [2.24, 2.45) is 0 Å². The van der Waals surface area contributed by atoms with E-state index in [0.29, 0.717) is 34.4 Å². The minimum Gasteiger partial charge on any atom is -0.228 e. The first-order chi connectivity index (χ1) is 47.4. The molecule has 0 bridgehead atoms. The molecule has 0 N–H and O–H groups in total. The Kier molecular flexibility index (Phi) is 15.3. The lowest BCUT2D eigenvalue weighted by atomic mass is 9.82. The van der Waals surface area contributed by atoms with Gasteiger partial charge >= 0.3 is 0 Å². The Balaban J connectivity index is 0.899. The van der Waals surface area contributed by atoms with Gasteiger partial charge in [-0.2, -0.15) is 10.5 Å². The minimum absolute atomic E-state index is 0.574. The van der Waals surface area contributed by atoms with Crippen LogP contribution in [0.15, 0.2) is 334 Å². The third kappa shape index (κ3) is 11.5. The molecule has 14 aromatic carbocycles. The lowest BCUT2D eigenvalue weighted by Gasteiger charge is -2.21. The summed E-state index contributed by atoms with van der Waals surface area (Å²) in [5.41, 5.74) is 23.3. The van der Waals surface area contributed by atoms with Crippen LogP contribution in [0.5, 0.6) is 0 Å². The van der Waals surface area contributed by atoms with Gasteiger partial charge < -0.3 is 0 Å². The maximum atomic E-state index is 9.66. The van der Waals surface area contributed by atoms with Crippen LogP contribution in [-0.2, 0) is 0 Å². The van der Waals surface area contributed by atoms with E-state index in [4.69, 9.17) is 24.9 Å². The van der Waals surface area contributed by atoms with E-state index in [0.717, 1.165) is 144 Å². The van der Waals surface area contributed by atoms with Crippen molar-refractivity contribution in [2.75, 3.05) is 0 Å². The molecule has 0 aliphatic heterocycles. The van der Waals surface area contributed by atoms with E-state index < -0.39 is 0 Å². The van der Waals surface area contributed by atoms with Gasteiger partial charge in [0, 0.05) is 33.4 Å². The van der Waals surface area contributed by atoms with Crippen LogP contribution in [0.1, 0.15) is 11.1 Å². The summed E-state index contributed by atoms with van der Waals surface area (Å²) in [6, 6.07) is 120. The monoisotopic (exact) mass is 1220 g/mol. The Morgan fingerprint density at radius 1 is 0.198 bits per heavy atom. The second-order valence-corrected chi connectivity index (χ2v) is 23.8. The van der Waals surface area contributed by atoms with Crippen LogP contribution in [0.2, 0.25) is 0 Å². The van der Waals surface area contributed by atoms with E-state index in [9.17, 15) is 10.5 Å². The van der Waals surface area contributed by atoms with Gasteiger partial charge in [-0.1, -0.05) is 273 Å². The standard InChI is InChI=1S/C89H55N7/c90-56-58-28-32-60(33-29-58)62-36-38-64(39-37-62)72-48-49-77-76(50-72)52-75(65-40-44-67(45-41-65)84-55-83(66-16-5-1-6-17-66)92-86(93-84)69-18-7-2-8-19-69)53-81(77)82-54-80(78-26-13-14-27-79(78)85(82)68-46-42-63(43-47-68)61-34-30-59(57-91)31-35-61)73-24-15-25-74(51-73)89-95-87(70-20-9-3-10-21-70)94-88(96-89)71-22-11-4-12-23-71/h1-55H. The molecule has 0 spiro atoms. The molecule has 0 atom stereocenters. The molecule has 0 saturated carbocycles. The van der Waals surface area contributed by atoms with E-state index in [1.165, 1.54) is 0 Å². The Labute approximate surface area is 556 Å². The van der Waals surface area contributed by atoms with Crippen LogP contribution < -0.4 is 0 Å². The summed E-state index contributed by atoms with van der Waals surface area (Å²) >= 11 is 0. The third-order valence-corrected chi connectivity index (χ3v) is 17.8. The first-order valence-electron chi connectivity index (χ1n) is 31.9. The molecule has 0 fully saturated rings. The molecule has 446 valence electrons. The maximum Gasteiger partial charge on any atom is 0.164 e. The van der Waals surface area contributed by atoms with Crippen molar-refractivity contribution in [2.45, 2.75) is 0 Å². The van der Waals surface area contributed by atoms with E-state index in [-0.39, 0.29) is 0 Å². The Hall–Kier alpha value is -13.3. The van der Waals surface area contributed by atoms with Crippen molar-refractivity contribution in [1.82, 2.24) is 24.9 Å². The summed E-state index contributed by atoms with van der Waals surface area (Å²) in [4.78, 5) is 25.7. The smallest absolute Gasteiger partial charge is 0.164 e. The number of benzene rings is 14. The number of hydrogen-bond acceptors (Lipinski definition) is 7. The number of nitriles is 2. The van der Waals surface area contributed by atoms with Gasteiger partial charge in [-0.3, -0.25) is 0 Å². The molecule has 0 aliphatic carbocycles. The molecule has 16 rings (SSSR count). The van der Waals surface area contributed by atoms with Gasteiger partial charge in [-0.25, -0.2) is 24.9 Å². The number of aromatic nitrogens is 5. The minimum atomic E-state index is 0.574. The highest BCUT2D eigenvalue weighted by Gasteiger charge is 2.22. The highest BCUT2D eigenvalue weighted by atomic mass is 15.0. The largest absolute Gasteiger partial charge is 0.228 e. The lowest BCUT2D eigenvalue weighted by Crippen LogP contribution is -2.00. The van der Waals surface area contributed by atoms with Crippen molar-refractivity contribution < 1.29 is 0 Å². The zero-order chi connectivity index (χ0) is 64.3. The van der Waals surface area contributed by atoms with Crippen LogP contribution in [0.3, 0.4) is 0 Å². The zero-order valence-electron chi connectivity index (χ0n) is 51.9. The molecule has 2 heterocycles. The molecular formula is C89H55N7. The van der Waals surface area contributed by atoms with E-state index in [2.05, 4.69) is 200 Å². The molecule has 0 saturated heterocycles. The fourth-order valence-electron chi connectivity index (χ4n) is 12.9. The Bertz CT molecular complexity index is 5540. The molecule has 0 unspecified atom stereocenters. The zero-order valence-corrected chi connectivity index (χ0v) is 51.9. The molecule has 16 aromatic rings. The lowest BCUT2D eigenvalue weighted by molar-refractivity contribution is 1.07. The quantitative estimate of drug-likeness (QED) is 0.113. The summed E-state index contributed by atoms with van der Waals surface area (Å²) in [6.45, 7) is 0. The number of hydrogen-bond donors (Lipinski definition) is 0. The van der Waals surface area contributed by atoms with Crippen molar-refractivity contribution in [3.8, 4) is 158 Å². The van der Waals surface area contributed by atoms with Crippen LogP contribution in [-0.4, -0.2) is 24.9 Å².